The number of hydrogen-bond acceptors (Lipinski definition) is 4. The lowest BCUT2D eigenvalue weighted by molar-refractivity contribution is -0.384. The molecule has 0 spiro atoms. The number of carbonyl (C=O) groups is 2. The molecule has 1 aromatic carbocycles. The molecule has 0 radical (unpaired) electrons. The average molecular weight is 299 g/mol. The van der Waals surface area contributed by atoms with Gasteiger partial charge in [0.25, 0.3) is 5.69 Å². The van der Waals surface area contributed by atoms with Gasteiger partial charge in [-0.25, -0.2) is 14.0 Å². The summed E-state index contributed by atoms with van der Waals surface area (Å²) in [6.07, 6.45) is 0.104. The van der Waals surface area contributed by atoms with Gasteiger partial charge >= 0.3 is 12.0 Å². The maximum atomic E-state index is 13.5. The first kappa shape index (κ1) is 16.3. The van der Waals surface area contributed by atoms with E-state index in [-0.39, 0.29) is 6.42 Å². The van der Waals surface area contributed by atoms with Crippen molar-refractivity contribution in [2.45, 2.75) is 25.8 Å². The Morgan fingerprint density at radius 1 is 1.48 bits per heavy atom. The fourth-order valence-electron chi connectivity index (χ4n) is 1.42. The maximum Gasteiger partial charge on any atom is 0.329 e. The van der Waals surface area contributed by atoms with Crippen LogP contribution in [0.2, 0.25) is 0 Å². The van der Waals surface area contributed by atoms with Crippen molar-refractivity contribution >= 4 is 23.4 Å². The van der Waals surface area contributed by atoms with Crippen molar-refractivity contribution in [3.8, 4) is 0 Å². The van der Waals surface area contributed by atoms with Crippen molar-refractivity contribution in [3.05, 3.63) is 34.1 Å². The number of nitrogens with zero attached hydrogens (tertiary/aromatic N) is 1. The number of nitro groups is 1. The fraction of sp³-hybridized carbons (Fsp3) is 0.333. The van der Waals surface area contributed by atoms with Gasteiger partial charge in [0.15, 0.2) is 0 Å². The van der Waals surface area contributed by atoms with Crippen molar-refractivity contribution in [2.75, 3.05) is 5.32 Å². The van der Waals surface area contributed by atoms with Gasteiger partial charge in [0.2, 0.25) is 0 Å². The summed E-state index contributed by atoms with van der Waals surface area (Å²) < 4.78 is 13.5. The summed E-state index contributed by atoms with van der Waals surface area (Å²) in [5, 5.41) is 23.8. The lowest BCUT2D eigenvalue weighted by atomic mass is 10.00. The largest absolute Gasteiger partial charge is 0.480 e. The molecule has 0 saturated heterocycles. The summed E-state index contributed by atoms with van der Waals surface area (Å²) in [4.78, 5) is 32.6. The average Bonchev–Trinajstić information content (AvgIpc) is 2.40. The summed E-state index contributed by atoms with van der Waals surface area (Å²) >= 11 is 0. The number of non-ortho nitro benzene ring substituents is 1. The van der Waals surface area contributed by atoms with Crippen LogP contribution in [0.1, 0.15) is 20.3 Å². The molecular formula is C12H14FN3O5. The number of urea groups is 1. The van der Waals surface area contributed by atoms with Gasteiger partial charge in [-0.2, -0.15) is 0 Å². The van der Waals surface area contributed by atoms with E-state index in [1.807, 2.05) is 0 Å². The molecule has 0 saturated carbocycles. The second-order valence-electron chi connectivity index (χ2n) is 4.49. The van der Waals surface area contributed by atoms with Crippen LogP contribution in [0, 0.1) is 15.9 Å². The first-order chi connectivity index (χ1) is 9.69. The fourth-order valence-corrected chi connectivity index (χ4v) is 1.42. The van der Waals surface area contributed by atoms with E-state index in [4.69, 9.17) is 5.11 Å². The zero-order chi connectivity index (χ0) is 16.2. The molecule has 2 amide bonds. The van der Waals surface area contributed by atoms with Crippen molar-refractivity contribution in [1.82, 2.24) is 5.32 Å². The van der Waals surface area contributed by atoms with E-state index < -0.39 is 39.7 Å². The van der Waals surface area contributed by atoms with E-state index in [1.54, 1.807) is 6.92 Å². The topological polar surface area (TPSA) is 122 Å². The normalized spacial score (nSPS) is 13.1. The van der Waals surface area contributed by atoms with Gasteiger partial charge in [0, 0.05) is 12.1 Å². The number of benzene rings is 1. The van der Waals surface area contributed by atoms with Crippen molar-refractivity contribution in [3.63, 3.8) is 0 Å². The standard InChI is InChI=1S/C12H14FN3O5/c1-3-12(2,10(17)18)15-11(19)14-9-6-7(16(20)21)4-5-8(9)13/h4-6H,3H2,1-2H3,(H,17,18)(H2,14,15,19). The summed E-state index contributed by atoms with van der Waals surface area (Å²) in [5.41, 5.74) is -2.34. The van der Waals surface area contributed by atoms with Crippen molar-refractivity contribution in [1.29, 1.82) is 0 Å². The van der Waals surface area contributed by atoms with Crippen LogP contribution in [0.4, 0.5) is 20.6 Å². The van der Waals surface area contributed by atoms with Crippen LogP contribution in [0.15, 0.2) is 18.2 Å². The zero-order valence-corrected chi connectivity index (χ0v) is 11.3. The SMILES string of the molecule is CCC(C)(NC(=O)Nc1cc([N+](=O)[O-])ccc1F)C(=O)O. The molecule has 0 aliphatic rings. The highest BCUT2D eigenvalue weighted by atomic mass is 19.1. The number of carboxylic acids is 1. The van der Waals surface area contributed by atoms with Crippen molar-refractivity contribution in [2.24, 2.45) is 0 Å². The summed E-state index contributed by atoms with van der Waals surface area (Å²) in [6.45, 7) is 2.85. The van der Waals surface area contributed by atoms with Crippen molar-refractivity contribution < 1.29 is 24.0 Å². The maximum absolute atomic E-state index is 13.5. The van der Waals surface area contributed by atoms with E-state index in [1.165, 1.54) is 6.92 Å². The quantitative estimate of drug-likeness (QED) is 0.567. The molecule has 1 atom stereocenters. The van der Waals surface area contributed by atoms with Gasteiger partial charge in [-0.15, -0.1) is 0 Å². The van der Waals surface area contributed by atoms with Gasteiger partial charge < -0.3 is 15.7 Å². The number of aliphatic carboxylic acids is 1. The predicted octanol–water partition coefficient (Wildman–Crippen LogP) is 2.11. The molecule has 1 rings (SSSR count). The summed E-state index contributed by atoms with van der Waals surface area (Å²) in [6, 6.07) is 1.66. The highest BCUT2D eigenvalue weighted by Crippen LogP contribution is 2.21. The van der Waals surface area contributed by atoms with Gasteiger partial charge in [-0.1, -0.05) is 6.92 Å². The van der Waals surface area contributed by atoms with Crippen LogP contribution in [0.3, 0.4) is 0 Å². The first-order valence-corrected chi connectivity index (χ1v) is 5.96. The highest BCUT2D eigenvalue weighted by Gasteiger charge is 2.33. The monoisotopic (exact) mass is 299 g/mol. The molecular weight excluding hydrogens is 285 g/mol. The molecule has 0 aliphatic carbocycles. The highest BCUT2D eigenvalue weighted by molar-refractivity contribution is 5.94. The number of amides is 2. The molecule has 1 unspecified atom stereocenters. The van der Waals surface area contributed by atoms with Crippen LogP contribution in [-0.4, -0.2) is 27.6 Å². The smallest absolute Gasteiger partial charge is 0.329 e. The van der Waals surface area contributed by atoms with Gasteiger partial charge in [0.1, 0.15) is 11.4 Å². The minimum Gasteiger partial charge on any atom is -0.480 e. The summed E-state index contributed by atoms with van der Waals surface area (Å²) in [5.74, 6) is -2.12. The number of anilines is 1. The third-order valence-corrected chi connectivity index (χ3v) is 2.98. The van der Waals surface area contributed by atoms with Gasteiger partial charge in [-0.05, 0) is 19.4 Å². The van der Waals surface area contributed by atoms with E-state index in [9.17, 15) is 24.1 Å². The Bertz CT molecular complexity index is 592. The third kappa shape index (κ3) is 3.88. The lowest BCUT2D eigenvalue weighted by Crippen LogP contribution is -2.53. The minimum atomic E-state index is -1.53. The first-order valence-electron chi connectivity index (χ1n) is 5.96. The second kappa shape index (κ2) is 6.16. The minimum absolute atomic E-state index is 0.104. The Hall–Kier alpha value is -2.71. The van der Waals surface area contributed by atoms with Crippen LogP contribution >= 0.6 is 0 Å². The third-order valence-electron chi connectivity index (χ3n) is 2.98. The summed E-state index contributed by atoms with van der Waals surface area (Å²) in [7, 11) is 0. The molecule has 1 aromatic rings. The Morgan fingerprint density at radius 3 is 2.57 bits per heavy atom. The molecule has 8 nitrogen and oxygen atoms in total. The molecule has 0 fully saturated rings. The molecule has 0 heterocycles. The van der Waals surface area contributed by atoms with Crippen LogP contribution in [-0.2, 0) is 4.79 Å². The van der Waals surface area contributed by atoms with Crippen LogP contribution in [0.5, 0.6) is 0 Å². The number of carbonyl (C=O) groups excluding carboxylic acids is 1. The molecule has 0 bridgehead atoms. The Balaban J connectivity index is 2.91. The number of nitrogens with one attached hydrogen (secondary N) is 2. The lowest BCUT2D eigenvalue weighted by Gasteiger charge is -2.24. The molecule has 0 aliphatic heterocycles. The van der Waals surface area contributed by atoms with E-state index in [2.05, 4.69) is 10.6 Å². The van der Waals surface area contributed by atoms with Crippen LogP contribution in [0.25, 0.3) is 0 Å². The number of halogens is 1. The Kier molecular flexibility index (Phi) is 4.79. The molecule has 3 N–H and O–H groups in total. The predicted molar refractivity (Wildman–Crippen MR) is 71.5 cm³/mol. The zero-order valence-electron chi connectivity index (χ0n) is 11.3. The molecule has 9 heteroatoms. The second-order valence-corrected chi connectivity index (χ2v) is 4.49. The Morgan fingerprint density at radius 2 is 2.10 bits per heavy atom. The Labute approximate surface area is 119 Å². The van der Waals surface area contributed by atoms with E-state index in [0.29, 0.717) is 0 Å². The molecule has 114 valence electrons. The van der Waals surface area contributed by atoms with E-state index >= 15 is 0 Å². The number of carboxylic acid groups (broad SMARTS) is 1. The number of rotatable bonds is 5. The van der Waals surface area contributed by atoms with Gasteiger partial charge in [-0.3, -0.25) is 10.1 Å². The molecule has 0 aromatic heterocycles. The number of nitro benzene ring substituents is 1. The van der Waals surface area contributed by atoms with Gasteiger partial charge in [0.05, 0.1) is 10.6 Å². The van der Waals surface area contributed by atoms with E-state index in [0.717, 1.165) is 18.2 Å². The van der Waals surface area contributed by atoms with Crippen LogP contribution < -0.4 is 10.6 Å². The number of hydrogen-bond donors (Lipinski definition) is 3. The molecule has 21 heavy (non-hydrogen) atoms.